The van der Waals surface area contributed by atoms with E-state index in [0.29, 0.717) is 11.1 Å². The Kier molecular flexibility index (Phi) is 3.05. The number of hydrogen-bond donors (Lipinski definition) is 0. The lowest BCUT2D eigenvalue weighted by atomic mass is 10.1. The van der Waals surface area contributed by atoms with Crippen LogP contribution in [-0.2, 0) is 0 Å². The minimum atomic E-state index is 0.545. The summed E-state index contributed by atoms with van der Waals surface area (Å²) in [5, 5.41) is 0. The minimum absolute atomic E-state index is 0.545. The summed E-state index contributed by atoms with van der Waals surface area (Å²) in [7, 11) is 0. The van der Waals surface area contributed by atoms with Crippen molar-refractivity contribution in [3.63, 3.8) is 0 Å². The summed E-state index contributed by atoms with van der Waals surface area (Å²) >= 11 is 1.51. The Morgan fingerprint density at radius 3 is 1.92 bits per heavy atom. The molecular formula is C9H8O2S. The standard InChI is InChI=1S/C9H8O2S/c1-12-9-3-7(5-10)2-8(4-9)6-11/h2-6H,1H3. The lowest BCUT2D eigenvalue weighted by Gasteiger charge is -1.98. The van der Waals surface area contributed by atoms with Crippen LogP contribution in [0.5, 0.6) is 0 Å². The lowest BCUT2D eigenvalue weighted by Crippen LogP contribution is -1.86. The maximum Gasteiger partial charge on any atom is 0.150 e. The Morgan fingerprint density at radius 1 is 1.08 bits per heavy atom. The first-order chi connectivity index (χ1) is 5.80. The van der Waals surface area contributed by atoms with Gasteiger partial charge < -0.3 is 0 Å². The van der Waals surface area contributed by atoms with Gasteiger partial charge in [-0.15, -0.1) is 11.8 Å². The summed E-state index contributed by atoms with van der Waals surface area (Å²) in [6.45, 7) is 0. The van der Waals surface area contributed by atoms with Crippen LogP contribution in [0.2, 0.25) is 0 Å². The molecule has 2 nitrogen and oxygen atoms in total. The summed E-state index contributed by atoms with van der Waals surface area (Å²) in [5.41, 5.74) is 1.09. The van der Waals surface area contributed by atoms with E-state index in [1.807, 2.05) is 6.26 Å². The van der Waals surface area contributed by atoms with Crippen molar-refractivity contribution in [3.05, 3.63) is 29.3 Å². The maximum atomic E-state index is 10.4. The first-order valence-electron chi connectivity index (χ1n) is 3.39. The van der Waals surface area contributed by atoms with Gasteiger partial charge in [0.15, 0.2) is 0 Å². The molecule has 0 atom stereocenters. The molecule has 0 saturated heterocycles. The molecule has 0 unspecified atom stereocenters. The second kappa shape index (κ2) is 4.07. The van der Waals surface area contributed by atoms with Gasteiger partial charge >= 0.3 is 0 Å². The normalized spacial score (nSPS) is 9.42. The first-order valence-corrected chi connectivity index (χ1v) is 4.62. The first kappa shape index (κ1) is 9.00. The molecule has 0 heterocycles. The fourth-order valence-corrected chi connectivity index (χ4v) is 1.41. The van der Waals surface area contributed by atoms with Crippen LogP contribution in [0.3, 0.4) is 0 Å². The molecule has 1 aromatic rings. The molecule has 0 saturated carbocycles. The van der Waals surface area contributed by atoms with Crippen LogP contribution in [-0.4, -0.2) is 18.8 Å². The summed E-state index contributed by atoms with van der Waals surface area (Å²) in [4.78, 5) is 21.8. The molecule has 0 radical (unpaired) electrons. The predicted octanol–water partition coefficient (Wildman–Crippen LogP) is 2.03. The molecule has 0 aromatic heterocycles. The van der Waals surface area contributed by atoms with E-state index in [0.717, 1.165) is 17.5 Å². The molecule has 3 heteroatoms. The molecule has 12 heavy (non-hydrogen) atoms. The number of benzene rings is 1. The topological polar surface area (TPSA) is 34.1 Å². The Morgan fingerprint density at radius 2 is 1.58 bits per heavy atom. The van der Waals surface area contributed by atoms with Crippen LogP contribution >= 0.6 is 11.8 Å². The molecule has 62 valence electrons. The van der Waals surface area contributed by atoms with Crippen molar-refractivity contribution in [3.8, 4) is 0 Å². The van der Waals surface area contributed by atoms with Crippen LogP contribution in [0.25, 0.3) is 0 Å². The highest BCUT2D eigenvalue weighted by atomic mass is 32.2. The molecule has 0 aliphatic rings. The number of carbonyl (C=O) groups is 2. The summed E-state index contributed by atoms with van der Waals surface area (Å²) in [5.74, 6) is 0. The van der Waals surface area contributed by atoms with E-state index in [9.17, 15) is 9.59 Å². The highest BCUT2D eigenvalue weighted by Gasteiger charge is 1.98. The third-order valence-corrected chi connectivity index (χ3v) is 2.17. The van der Waals surface area contributed by atoms with Crippen LogP contribution in [0, 0.1) is 0 Å². The van der Waals surface area contributed by atoms with Crippen LogP contribution in [0.4, 0.5) is 0 Å². The van der Waals surface area contributed by atoms with Gasteiger partial charge in [0.1, 0.15) is 12.6 Å². The Bertz CT molecular complexity index is 281. The Labute approximate surface area is 75.0 Å². The fourth-order valence-electron chi connectivity index (χ4n) is 0.900. The molecule has 0 amide bonds. The van der Waals surface area contributed by atoms with Gasteiger partial charge in [-0.1, -0.05) is 0 Å². The third-order valence-electron chi connectivity index (χ3n) is 1.46. The summed E-state index contributed by atoms with van der Waals surface area (Å²) in [6, 6.07) is 5.08. The van der Waals surface area contributed by atoms with Crippen LogP contribution in [0.1, 0.15) is 20.7 Å². The minimum Gasteiger partial charge on any atom is -0.298 e. The largest absolute Gasteiger partial charge is 0.298 e. The van der Waals surface area contributed by atoms with Crippen molar-refractivity contribution in [2.45, 2.75) is 4.90 Å². The SMILES string of the molecule is CSc1cc(C=O)cc(C=O)c1. The van der Waals surface area contributed by atoms with Crippen molar-refractivity contribution >= 4 is 24.3 Å². The van der Waals surface area contributed by atoms with Crippen LogP contribution in [0.15, 0.2) is 23.1 Å². The fraction of sp³-hybridized carbons (Fsp3) is 0.111. The quantitative estimate of drug-likeness (QED) is 0.527. The van der Waals surface area contributed by atoms with Crippen LogP contribution < -0.4 is 0 Å². The average Bonchev–Trinajstić information content (AvgIpc) is 2.16. The zero-order chi connectivity index (χ0) is 8.97. The van der Waals surface area contributed by atoms with Gasteiger partial charge in [0.05, 0.1) is 0 Å². The number of hydrogen-bond acceptors (Lipinski definition) is 3. The zero-order valence-corrected chi connectivity index (χ0v) is 7.43. The highest BCUT2D eigenvalue weighted by Crippen LogP contribution is 2.17. The van der Waals surface area contributed by atoms with Gasteiger partial charge in [-0.3, -0.25) is 9.59 Å². The van der Waals surface area contributed by atoms with E-state index in [2.05, 4.69) is 0 Å². The zero-order valence-electron chi connectivity index (χ0n) is 6.61. The van der Waals surface area contributed by atoms with Gasteiger partial charge in [0, 0.05) is 16.0 Å². The van der Waals surface area contributed by atoms with E-state index in [-0.39, 0.29) is 0 Å². The van der Waals surface area contributed by atoms with Crippen molar-refractivity contribution in [2.24, 2.45) is 0 Å². The van der Waals surface area contributed by atoms with E-state index in [4.69, 9.17) is 0 Å². The van der Waals surface area contributed by atoms with E-state index in [1.165, 1.54) is 11.8 Å². The number of thioether (sulfide) groups is 1. The van der Waals surface area contributed by atoms with Gasteiger partial charge in [0.25, 0.3) is 0 Å². The van der Waals surface area contributed by atoms with Crippen molar-refractivity contribution in [2.75, 3.05) is 6.26 Å². The monoisotopic (exact) mass is 180 g/mol. The maximum absolute atomic E-state index is 10.4. The molecular weight excluding hydrogens is 172 g/mol. The number of aldehydes is 2. The smallest absolute Gasteiger partial charge is 0.150 e. The lowest BCUT2D eigenvalue weighted by molar-refractivity contribution is 0.112. The van der Waals surface area contributed by atoms with E-state index >= 15 is 0 Å². The number of carbonyl (C=O) groups excluding carboxylic acids is 2. The molecule has 1 rings (SSSR count). The van der Waals surface area contributed by atoms with Crippen molar-refractivity contribution in [1.82, 2.24) is 0 Å². The van der Waals surface area contributed by atoms with Gasteiger partial charge in [-0.25, -0.2) is 0 Å². The average molecular weight is 180 g/mol. The Balaban J connectivity index is 3.18. The molecule has 0 aliphatic heterocycles. The molecule has 1 aromatic carbocycles. The van der Waals surface area contributed by atoms with E-state index in [1.54, 1.807) is 18.2 Å². The highest BCUT2D eigenvalue weighted by molar-refractivity contribution is 7.98. The van der Waals surface area contributed by atoms with Crippen molar-refractivity contribution < 1.29 is 9.59 Å². The molecule has 0 bridgehead atoms. The Hall–Kier alpha value is -1.09. The summed E-state index contributed by atoms with van der Waals surface area (Å²) in [6.07, 6.45) is 3.39. The molecule has 0 fully saturated rings. The second-order valence-electron chi connectivity index (χ2n) is 2.28. The van der Waals surface area contributed by atoms with Gasteiger partial charge in [0.2, 0.25) is 0 Å². The molecule has 0 aliphatic carbocycles. The van der Waals surface area contributed by atoms with E-state index < -0.39 is 0 Å². The second-order valence-corrected chi connectivity index (χ2v) is 3.15. The third kappa shape index (κ3) is 1.95. The molecule has 0 N–H and O–H groups in total. The summed E-state index contributed by atoms with van der Waals surface area (Å²) < 4.78 is 0. The number of rotatable bonds is 3. The van der Waals surface area contributed by atoms with Crippen molar-refractivity contribution in [1.29, 1.82) is 0 Å². The predicted molar refractivity (Wildman–Crippen MR) is 49.0 cm³/mol. The van der Waals surface area contributed by atoms with Gasteiger partial charge in [-0.05, 0) is 24.5 Å². The molecule has 0 spiro atoms. The van der Waals surface area contributed by atoms with Gasteiger partial charge in [-0.2, -0.15) is 0 Å².